The summed E-state index contributed by atoms with van der Waals surface area (Å²) in [5.41, 5.74) is 35.8. The van der Waals surface area contributed by atoms with Gasteiger partial charge in [0.1, 0.15) is 0 Å². The first-order valence-electron chi connectivity index (χ1n) is 44.2. The Hall–Kier alpha value is -14.5. The van der Waals surface area contributed by atoms with Gasteiger partial charge in [-0.15, -0.1) is 0 Å². The van der Waals surface area contributed by atoms with Gasteiger partial charge in [-0.3, -0.25) is 0 Å². The summed E-state index contributed by atoms with van der Waals surface area (Å²) in [5, 5.41) is 4.73. The summed E-state index contributed by atoms with van der Waals surface area (Å²) in [4.78, 5) is 5.59. The van der Waals surface area contributed by atoms with Gasteiger partial charge in [-0.05, 0) is 171 Å². The quantitative estimate of drug-likeness (QED) is 0.101. The van der Waals surface area contributed by atoms with Crippen molar-refractivity contribution in [3.05, 3.63) is 464 Å². The Bertz CT molecular complexity index is 7070. The summed E-state index contributed by atoms with van der Waals surface area (Å²) in [6.07, 6.45) is 20.9. The topological polar surface area (TPSA) is 16.3 Å². The van der Waals surface area contributed by atoms with Crippen LogP contribution in [0.3, 0.4) is 0 Å². The van der Waals surface area contributed by atoms with Gasteiger partial charge in [0.15, 0.2) is 0 Å². The van der Waals surface area contributed by atoms with Crippen molar-refractivity contribution in [2.45, 2.75) is 85.0 Å². The van der Waals surface area contributed by atoms with Gasteiger partial charge in [0, 0.05) is 89.9 Å². The molecule has 2 aliphatic carbocycles. The number of rotatable bonds is 14. The van der Waals surface area contributed by atoms with Gasteiger partial charge < -0.3 is 18.9 Å². The average Bonchev–Trinajstić information content (AvgIpc) is 1.13. The molecule has 2 aliphatic heterocycles. The van der Waals surface area contributed by atoms with Crippen LogP contribution < -0.4 is 26.2 Å². The fourth-order valence-electron chi connectivity index (χ4n) is 19.9. The Labute approximate surface area is 736 Å². The third-order valence-electron chi connectivity index (χ3n) is 26.1. The van der Waals surface area contributed by atoms with E-state index in [0.29, 0.717) is 0 Å². The second kappa shape index (κ2) is 31.4. The molecular weight excluding hydrogens is 1510 g/mol. The van der Waals surface area contributed by atoms with Crippen molar-refractivity contribution in [2.24, 2.45) is 5.41 Å². The molecule has 0 radical (unpaired) electrons. The first-order chi connectivity index (χ1) is 61.0. The molecule has 1 atom stereocenters. The highest BCUT2D eigenvalue weighted by Gasteiger charge is 2.48. The zero-order chi connectivity index (χ0) is 84.8. The van der Waals surface area contributed by atoms with Crippen LogP contribution in [0.1, 0.15) is 102 Å². The molecule has 21 rings (SSSR count). The summed E-state index contributed by atoms with van der Waals surface area (Å²) in [6, 6.07) is 141. The average molecular weight is 1610 g/mol. The van der Waals surface area contributed by atoms with Crippen molar-refractivity contribution in [1.82, 2.24) is 9.13 Å². The fraction of sp³-hybridized carbons (Fsp3) is 0.117. The van der Waals surface area contributed by atoms with E-state index in [0.717, 1.165) is 124 Å². The van der Waals surface area contributed by atoms with E-state index in [1.54, 1.807) is 0 Å². The predicted molar refractivity (Wildman–Crippen MR) is 533 cm³/mol. The summed E-state index contributed by atoms with van der Waals surface area (Å²) in [6.45, 7) is 21.2. The van der Waals surface area contributed by atoms with Crippen molar-refractivity contribution >= 4 is 78.7 Å². The van der Waals surface area contributed by atoms with Crippen molar-refractivity contribution in [3.8, 4) is 89.8 Å². The second-order valence-corrected chi connectivity index (χ2v) is 37.1. The first-order valence-corrected chi connectivity index (χ1v) is 44.2. The van der Waals surface area contributed by atoms with Crippen LogP contribution in [0.15, 0.2) is 436 Å². The summed E-state index contributed by atoms with van der Waals surface area (Å²) >= 11 is 0. The molecule has 4 heterocycles. The Kier molecular flexibility index (Phi) is 19.6. The monoisotopic (exact) mass is 1610 g/mol. The van der Waals surface area contributed by atoms with Crippen LogP contribution >= 0.6 is 0 Å². The molecule has 15 aromatic carbocycles. The lowest BCUT2D eigenvalue weighted by Crippen LogP contribution is -2.62. The number of allylic oxidation sites excluding steroid dienone is 11. The minimum Gasteiger partial charge on any atom is -0.314 e. The van der Waals surface area contributed by atoms with Gasteiger partial charge in [0.2, 0.25) is 0 Å². The summed E-state index contributed by atoms with van der Waals surface area (Å²) < 4.78 is 5.19. The molecular formula is C120H99BN4. The number of hydrogen-bond acceptors (Lipinski definition) is 2. The SMILES string of the molecule is CC(C)(C)C1=CC(c2cccc(C3C=CC=CC=C3)c2)=C(N2c3cc(-n4c(-c5ccccc5)c5ccccc5c4-c4ccccc4)ccc3B3c4ccc(-n5c(-c6ccccc6)c6ccccc6c5-c5ccccc5)cc4N(c4c(-c5ccccc5)cc(C(C)(C)C)cc4-c4cccc(-c5ccccc5)c4)c4cc(C(C)(C)C)cc2c43)C(c2ccccc2)C=C1. The number of anilines is 5. The fourth-order valence-corrected chi connectivity index (χ4v) is 19.9. The van der Waals surface area contributed by atoms with E-state index in [-0.39, 0.29) is 29.4 Å². The van der Waals surface area contributed by atoms with Crippen LogP contribution in [0.2, 0.25) is 0 Å². The largest absolute Gasteiger partial charge is 0.314 e. The number of fused-ring (bicyclic) bond motifs is 6. The molecule has 17 aromatic rings. The third-order valence-corrected chi connectivity index (χ3v) is 26.1. The Morgan fingerprint density at radius 3 is 1.14 bits per heavy atom. The van der Waals surface area contributed by atoms with E-state index >= 15 is 0 Å². The van der Waals surface area contributed by atoms with E-state index in [2.05, 4.69) is 506 Å². The van der Waals surface area contributed by atoms with Crippen LogP contribution in [0.4, 0.5) is 28.4 Å². The molecule has 0 bridgehead atoms. The van der Waals surface area contributed by atoms with Gasteiger partial charge >= 0.3 is 0 Å². The van der Waals surface area contributed by atoms with Gasteiger partial charge in [-0.1, -0.05) is 426 Å². The molecule has 0 spiro atoms. The molecule has 5 heteroatoms. The molecule has 4 aliphatic rings. The molecule has 0 N–H and O–H groups in total. The lowest BCUT2D eigenvalue weighted by molar-refractivity contribution is 0.517. The maximum absolute atomic E-state index is 2.81. The minimum atomic E-state index is -0.420. The Morgan fingerprint density at radius 1 is 0.280 bits per heavy atom. The highest BCUT2D eigenvalue weighted by Crippen LogP contribution is 2.56. The predicted octanol–water partition coefficient (Wildman–Crippen LogP) is 30.1. The van der Waals surface area contributed by atoms with E-state index < -0.39 is 5.41 Å². The van der Waals surface area contributed by atoms with Gasteiger partial charge in [0.05, 0.1) is 28.5 Å². The van der Waals surface area contributed by atoms with Crippen LogP contribution in [-0.4, -0.2) is 15.8 Å². The molecule has 0 saturated heterocycles. The van der Waals surface area contributed by atoms with Crippen LogP contribution in [0, 0.1) is 5.41 Å². The number of aromatic nitrogens is 2. The van der Waals surface area contributed by atoms with Crippen LogP contribution in [0.5, 0.6) is 0 Å². The standard InChI is InChI=1S/C120H99BN4/c1-118(2,3)92-65-68-97(82-45-23-13-24-46-82)116(103(73-92)90-59-39-57-88(71-90)80-41-19-10-11-20-42-80)124-107-78-95(122-112(84-49-27-15-28-50-84)98-61-35-36-62-99(98)113(122)85-51-29-16-30-52-85)66-69-105(107)121-106-70-67-96(123-114(86-53-31-17-32-54-86)100-63-37-38-64-101(100)115(123)87-55-33-18-34-56-87)79-108(106)125(110-77-94(120(7,8)9)76-109(124)111(110)121)117-102(83-47-25-14-26-48-83)74-93(119(4,5)6)75-104(117)91-60-40-58-89(72-91)81-43-21-12-22-44-81/h10-80,97H,1-9H3. The smallest absolute Gasteiger partial charge is 0.252 e. The highest BCUT2D eigenvalue weighted by molar-refractivity contribution is 7.00. The van der Waals surface area contributed by atoms with E-state index in [4.69, 9.17) is 0 Å². The molecule has 4 nitrogen and oxygen atoms in total. The van der Waals surface area contributed by atoms with Crippen LogP contribution in [0.25, 0.3) is 117 Å². The van der Waals surface area contributed by atoms with Crippen molar-refractivity contribution in [1.29, 1.82) is 0 Å². The zero-order valence-corrected chi connectivity index (χ0v) is 72.4. The van der Waals surface area contributed by atoms with Crippen molar-refractivity contribution in [3.63, 3.8) is 0 Å². The normalized spacial score (nSPS) is 14.5. The number of hydrogen-bond donors (Lipinski definition) is 0. The van der Waals surface area contributed by atoms with Crippen molar-refractivity contribution in [2.75, 3.05) is 9.80 Å². The zero-order valence-electron chi connectivity index (χ0n) is 72.4. The first kappa shape index (κ1) is 77.8. The minimum absolute atomic E-state index is 0.0417. The maximum Gasteiger partial charge on any atom is 0.252 e. The lowest BCUT2D eigenvalue weighted by atomic mass is 9.33. The molecule has 602 valence electrons. The second-order valence-electron chi connectivity index (χ2n) is 37.1. The number of nitrogens with zero attached hydrogens (tertiary/aromatic N) is 4. The van der Waals surface area contributed by atoms with Crippen LogP contribution in [-0.2, 0) is 10.8 Å². The molecule has 125 heavy (non-hydrogen) atoms. The van der Waals surface area contributed by atoms with Gasteiger partial charge in [-0.2, -0.15) is 0 Å². The molecule has 2 aromatic heterocycles. The van der Waals surface area contributed by atoms with Gasteiger partial charge in [0.25, 0.3) is 6.71 Å². The highest BCUT2D eigenvalue weighted by atomic mass is 15.2. The van der Waals surface area contributed by atoms with E-state index in [9.17, 15) is 0 Å². The molecule has 0 amide bonds. The van der Waals surface area contributed by atoms with Gasteiger partial charge in [-0.25, -0.2) is 0 Å². The van der Waals surface area contributed by atoms with E-state index in [1.165, 1.54) is 77.0 Å². The molecule has 0 saturated carbocycles. The Balaban J connectivity index is 0.965. The number of benzene rings is 15. The maximum atomic E-state index is 2.81. The summed E-state index contributed by atoms with van der Waals surface area (Å²) in [7, 11) is 0. The third kappa shape index (κ3) is 13.9. The Morgan fingerprint density at radius 2 is 0.664 bits per heavy atom. The van der Waals surface area contributed by atoms with E-state index in [1.807, 2.05) is 0 Å². The molecule has 0 fully saturated rings. The molecule has 1 unspecified atom stereocenters. The van der Waals surface area contributed by atoms with Crippen molar-refractivity contribution < 1.29 is 0 Å². The summed E-state index contributed by atoms with van der Waals surface area (Å²) in [5.74, 6) is -0.258. The lowest BCUT2D eigenvalue weighted by Gasteiger charge is -2.47.